The molecule has 0 saturated heterocycles. The summed E-state index contributed by atoms with van der Waals surface area (Å²) in [7, 11) is 0. The summed E-state index contributed by atoms with van der Waals surface area (Å²) in [6.45, 7) is 23.3. The van der Waals surface area contributed by atoms with Crippen molar-refractivity contribution in [2.75, 3.05) is 9.80 Å². The molecule has 0 atom stereocenters. The number of furan rings is 2. The molecule has 10 aromatic rings. The van der Waals surface area contributed by atoms with Gasteiger partial charge in [0.15, 0.2) is 0 Å². The van der Waals surface area contributed by atoms with Crippen molar-refractivity contribution in [3.63, 3.8) is 0 Å². The van der Waals surface area contributed by atoms with Gasteiger partial charge in [-0.25, -0.2) is 0 Å². The molecule has 6 heteroatoms. The van der Waals surface area contributed by atoms with Crippen LogP contribution in [0, 0.1) is 13.8 Å². The van der Waals surface area contributed by atoms with Gasteiger partial charge in [-0.3, -0.25) is 0 Å². The molecule has 0 N–H and O–H groups in total. The fourth-order valence-electron chi connectivity index (χ4n) is 10.9. The topological polar surface area (TPSA) is 32.8 Å². The van der Waals surface area contributed by atoms with Crippen LogP contribution in [0.3, 0.4) is 0 Å². The SMILES string of the molecule is Cc1cc(C(C)(C)C)cc(C)c1N1c2cc(C(C)C)cc3c2B(c2cc(-c4coc5ccccc45)ccc2N3c2ccc(-c3coc4ccccc34)cc2)c2sc3ccc(C(C)(C)C)cc3c21. The van der Waals surface area contributed by atoms with E-state index in [4.69, 9.17) is 8.83 Å². The van der Waals surface area contributed by atoms with E-state index in [0.29, 0.717) is 0 Å². The minimum atomic E-state index is -0.0247. The summed E-state index contributed by atoms with van der Waals surface area (Å²) in [5, 5.41) is 3.56. The molecule has 0 spiro atoms. The predicted octanol–water partition coefficient (Wildman–Crippen LogP) is 16.1. The second kappa shape index (κ2) is 14.9. The summed E-state index contributed by atoms with van der Waals surface area (Å²) in [6, 6.07) is 50.1. The fourth-order valence-corrected chi connectivity index (χ4v) is 12.2. The van der Waals surface area contributed by atoms with E-state index in [1.54, 1.807) is 0 Å². The zero-order chi connectivity index (χ0) is 46.3. The molecule has 3 aromatic heterocycles. The molecular weight excluding hydrogens is 836 g/mol. The largest absolute Gasteiger partial charge is 0.464 e. The third-order valence-electron chi connectivity index (χ3n) is 14.5. The van der Waals surface area contributed by atoms with Gasteiger partial charge in [0.25, 0.3) is 6.71 Å². The monoisotopic (exact) mass is 890 g/mol. The van der Waals surface area contributed by atoms with Crippen molar-refractivity contribution in [3.05, 3.63) is 174 Å². The third-order valence-corrected chi connectivity index (χ3v) is 15.7. The Labute approximate surface area is 398 Å². The van der Waals surface area contributed by atoms with Gasteiger partial charge < -0.3 is 18.6 Å². The zero-order valence-electron chi connectivity index (χ0n) is 40.1. The van der Waals surface area contributed by atoms with Crippen LogP contribution >= 0.6 is 11.3 Å². The molecule has 0 bridgehead atoms. The van der Waals surface area contributed by atoms with E-state index in [9.17, 15) is 0 Å². The highest BCUT2D eigenvalue weighted by atomic mass is 32.1. The van der Waals surface area contributed by atoms with Crippen molar-refractivity contribution in [1.29, 1.82) is 0 Å². The van der Waals surface area contributed by atoms with E-state index in [-0.39, 0.29) is 23.5 Å². The van der Waals surface area contributed by atoms with E-state index in [1.165, 1.54) is 82.0 Å². The van der Waals surface area contributed by atoms with Crippen molar-refractivity contribution >= 4 is 99.9 Å². The van der Waals surface area contributed by atoms with Crippen LogP contribution in [-0.4, -0.2) is 6.71 Å². The molecule has 4 nitrogen and oxygen atoms in total. The van der Waals surface area contributed by atoms with Gasteiger partial charge >= 0.3 is 0 Å². The van der Waals surface area contributed by atoms with Crippen molar-refractivity contribution < 1.29 is 8.83 Å². The van der Waals surface area contributed by atoms with Crippen LogP contribution in [0.15, 0.2) is 155 Å². The van der Waals surface area contributed by atoms with E-state index in [2.05, 4.69) is 194 Å². The first-order valence-electron chi connectivity index (χ1n) is 23.8. The summed E-state index contributed by atoms with van der Waals surface area (Å²) in [5.74, 6) is 0.289. The average Bonchev–Trinajstić information content (AvgIpc) is 4.04. The highest BCUT2D eigenvalue weighted by Crippen LogP contribution is 2.51. The smallest absolute Gasteiger partial charge is 0.264 e. The lowest BCUT2D eigenvalue weighted by Crippen LogP contribution is -2.60. The van der Waals surface area contributed by atoms with Crippen LogP contribution in [0.5, 0.6) is 0 Å². The number of hydrogen-bond donors (Lipinski definition) is 0. The molecule has 0 saturated carbocycles. The molecule has 330 valence electrons. The predicted molar refractivity (Wildman–Crippen MR) is 287 cm³/mol. The molecule has 2 aliphatic rings. The van der Waals surface area contributed by atoms with Crippen LogP contribution in [0.4, 0.5) is 34.1 Å². The number of anilines is 6. The van der Waals surface area contributed by atoms with Gasteiger partial charge in [-0.2, -0.15) is 0 Å². The number of nitrogens with zero attached hydrogens (tertiary/aromatic N) is 2. The van der Waals surface area contributed by atoms with E-state index < -0.39 is 0 Å². The lowest BCUT2D eigenvalue weighted by Gasteiger charge is -2.44. The molecular formula is C61H55BN2O2S. The maximum atomic E-state index is 6.21. The zero-order valence-corrected chi connectivity index (χ0v) is 40.9. The number of thiophene rings is 1. The Bertz CT molecular complexity index is 3610. The third kappa shape index (κ3) is 6.47. The van der Waals surface area contributed by atoms with Gasteiger partial charge in [-0.15, -0.1) is 11.3 Å². The molecule has 12 rings (SSSR count). The van der Waals surface area contributed by atoms with Crippen LogP contribution in [0.1, 0.15) is 89.1 Å². The molecule has 7 aromatic carbocycles. The standard InChI is InChI=1S/C61H55BN2O2S/c1-35(2)40-30-51-56-52(31-40)64(57-36(3)27-42(28-37(57)4)61(8,9)10)58-46-32-41(60(5,6)7)22-26-55(46)67-59(58)62(56)49-29-39(48-34-66-54-18-14-12-16-45(48)54)21-25-50(49)63(51)43-23-19-38(20-24-43)47-33-65-53-17-13-11-15-44(47)53/h11-35H,1-10H3. The van der Waals surface area contributed by atoms with Gasteiger partial charge in [0.05, 0.1) is 23.9 Å². The van der Waals surface area contributed by atoms with Crippen molar-refractivity contribution in [3.8, 4) is 22.3 Å². The maximum Gasteiger partial charge on any atom is 0.264 e. The molecule has 0 amide bonds. The second-order valence-corrected chi connectivity index (χ2v) is 22.4. The van der Waals surface area contributed by atoms with Gasteiger partial charge in [0.2, 0.25) is 0 Å². The second-order valence-electron chi connectivity index (χ2n) is 21.3. The summed E-state index contributed by atoms with van der Waals surface area (Å²) >= 11 is 1.97. The van der Waals surface area contributed by atoms with Crippen molar-refractivity contribution in [1.82, 2.24) is 0 Å². The Balaban J connectivity index is 1.17. The number of hydrogen-bond acceptors (Lipinski definition) is 5. The summed E-state index contributed by atoms with van der Waals surface area (Å²) in [6.07, 6.45) is 3.83. The lowest BCUT2D eigenvalue weighted by atomic mass is 9.36. The number of rotatable bonds is 5. The Morgan fingerprint density at radius 1 is 0.537 bits per heavy atom. The minimum absolute atomic E-state index is 0.0148. The molecule has 0 aliphatic carbocycles. The Hall–Kier alpha value is -6.76. The molecule has 0 unspecified atom stereocenters. The van der Waals surface area contributed by atoms with Gasteiger partial charge in [0.1, 0.15) is 11.2 Å². The summed E-state index contributed by atoms with van der Waals surface area (Å²) < 4.78 is 14.9. The lowest BCUT2D eigenvalue weighted by molar-refractivity contribution is 0.589. The molecule has 0 radical (unpaired) electrons. The maximum absolute atomic E-state index is 6.21. The quantitative estimate of drug-likeness (QED) is 0.161. The van der Waals surface area contributed by atoms with Crippen molar-refractivity contribution in [2.24, 2.45) is 0 Å². The Kier molecular flexibility index (Phi) is 9.25. The van der Waals surface area contributed by atoms with Crippen LogP contribution in [-0.2, 0) is 10.8 Å². The van der Waals surface area contributed by atoms with E-state index in [0.717, 1.165) is 49.9 Å². The van der Waals surface area contributed by atoms with E-state index in [1.807, 2.05) is 42.1 Å². The number of fused-ring (bicyclic) bond motifs is 8. The van der Waals surface area contributed by atoms with Gasteiger partial charge in [0, 0.05) is 59.5 Å². The minimum Gasteiger partial charge on any atom is -0.464 e. The normalized spacial score (nSPS) is 13.6. The van der Waals surface area contributed by atoms with Crippen LogP contribution in [0.25, 0.3) is 54.3 Å². The Morgan fingerprint density at radius 3 is 1.73 bits per heavy atom. The first-order chi connectivity index (χ1) is 32.1. The summed E-state index contributed by atoms with van der Waals surface area (Å²) in [5.41, 5.74) is 22.9. The first kappa shape index (κ1) is 41.7. The van der Waals surface area contributed by atoms with Gasteiger partial charge in [-0.05, 0) is 135 Å². The molecule has 5 heterocycles. The molecule has 67 heavy (non-hydrogen) atoms. The molecule has 0 fully saturated rings. The fraction of sp³-hybridized carbons (Fsp3) is 0.213. The van der Waals surface area contributed by atoms with Crippen LogP contribution < -0.4 is 25.5 Å². The highest BCUT2D eigenvalue weighted by molar-refractivity contribution is 7.33. The van der Waals surface area contributed by atoms with Crippen molar-refractivity contribution in [2.45, 2.75) is 86.0 Å². The number of para-hydroxylation sites is 2. The Morgan fingerprint density at radius 2 is 1.12 bits per heavy atom. The highest BCUT2D eigenvalue weighted by Gasteiger charge is 2.46. The molecule has 2 aliphatic heterocycles. The number of benzene rings is 7. The first-order valence-corrected chi connectivity index (χ1v) is 24.6. The van der Waals surface area contributed by atoms with Crippen LogP contribution in [0.2, 0.25) is 0 Å². The summed E-state index contributed by atoms with van der Waals surface area (Å²) in [4.78, 5) is 5.23. The average molecular weight is 891 g/mol. The van der Waals surface area contributed by atoms with E-state index >= 15 is 0 Å². The van der Waals surface area contributed by atoms with Gasteiger partial charge in [-0.1, -0.05) is 134 Å². The number of aryl methyl sites for hydroxylation is 2.